The second kappa shape index (κ2) is 5.33. The van der Waals surface area contributed by atoms with Crippen molar-refractivity contribution in [2.24, 2.45) is 0 Å². The van der Waals surface area contributed by atoms with E-state index in [1.54, 1.807) is 31.2 Å². The Kier molecular flexibility index (Phi) is 3.48. The van der Waals surface area contributed by atoms with Gasteiger partial charge in [-0.15, -0.1) is 0 Å². The molecular weight excluding hydrogens is 288 g/mol. The van der Waals surface area contributed by atoms with Gasteiger partial charge in [0, 0.05) is 6.04 Å². The first-order chi connectivity index (χ1) is 10.5. The normalized spacial score (nSPS) is 15.1. The maximum atomic E-state index is 13.7. The third-order valence-corrected chi connectivity index (χ3v) is 3.81. The van der Waals surface area contributed by atoms with Crippen LogP contribution in [0.3, 0.4) is 0 Å². The van der Waals surface area contributed by atoms with E-state index < -0.39 is 29.5 Å². The van der Waals surface area contributed by atoms with Crippen LogP contribution in [0.1, 0.15) is 33.2 Å². The van der Waals surface area contributed by atoms with Gasteiger partial charge >= 0.3 is 0 Å². The molecule has 2 amide bonds. The first-order valence-corrected chi connectivity index (χ1v) is 6.90. The zero-order valence-electron chi connectivity index (χ0n) is 11.8. The minimum Gasteiger partial charge on any atom is -0.271 e. The smallest absolute Gasteiger partial charge is 0.261 e. The lowest BCUT2D eigenvalue weighted by Gasteiger charge is -2.22. The maximum Gasteiger partial charge on any atom is 0.261 e. The van der Waals surface area contributed by atoms with Crippen LogP contribution in [0.5, 0.6) is 0 Å². The van der Waals surface area contributed by atoms with E-state index in [9.17, 15) is 18.4 Å². The molecule has 0 aromatic heterocycles. The summed E-state index contributed by atoms with van der Waals surface area (Å²) in [7, 11) is 0. The van der Waals surface area contributed by atoms with Crippen molar-refractivity contribution < 1.29 is 18.4 Å². The number of amides is 2. The van der Waals surface area contributed by atoms with Gasteiger partial charge in [0.1, 0.15) is 0 Å². The number of nitrogens with zero attached hydrogens (tertiary/aromatic N) is 1. The van der Waals surface area contributed by atoms with Crippen molar-refractivity contribution in [3.05, 3.63) is 70.8 Å². The first-order valence-electron chi connectivity index (χ1n) is 6.90. The Bertz CT molecular complexity index is 738. The molecule has 5 heteroatoms. The van der Waals surface area contributed by atoms with E-state index in [1.807, 2.05) is 0 Å². The van der Waals surface area contributed by atoms with Crippen LogP contribution >= 0.6 is 0 Å². The van der Waals surface area contributed by atoms with Gasteiger partial charge in [-0.2, -0.15) is 0 Å². The fourth-order valence-corrected chi connectivity index (χ4v) is 2.72. The molecule has 1 aliphatic rings. The lowest BCUT2D eigenvalue weighted by atomic mass is 10.1. The Morgan fingerprint density at radius 2 is 1.55 bits per heavy atom. The predicted octanol–water partition coefficient (Wildman–Crippen LogP) is 3.19. The van der Waals surface area contributed by atoms with Crippen LogP contribution in [0.25, 0.3) is 0 Å². The number of fused-ring (bicyclic) bond motifs is 1. The Morgan fingerprint density at radius 1 is 0.955 bits per heavy atom. The summed E-state index contributed by atoms with van der Waals surface area (Å²) in [6.07, 6.45) is 0.0645. The highest BCUT2D eigenvalue weighted by atomic mass is 19.2. The van der Waals surface area contributed by atoms with Crippen molar-refractivity contribution in [3.8, 4) is 0 Å². The molecule has 1 heterocycles. The minimum atomic E-state index is -0.939. The van der Waals surface area contributed by atoms with Crippen LogP contribution in [0, 0.1) is 11.6 Å². The average Bonchev–Trinajstić information content (AvgIpc) is 2.76. The number of halogens is 2. The molecule has 0 saturated heterocycles. The van der Waals surface area contributed by atoms with Crippen molar-refractivity contribution in [2.45, 2.75) is 19.4 Å². The highest BCUT2D eigenvalue weighted by molar-refractivity contribution is 6.21. The molecule has 2 aromatic carbocycles. The Labute approximate surface area is 126 Å². The van der Waals surface area contributed by atoms with Gasteiger partial charge < -0.3 is 0 Å². The summed E-state index contributed by atoms with van der Waals surface area (Å²) in [5, 5.41) is 0. The van der Waals surface area contributed by atoms with Crippen molar-refractivity contribution in [1.29, 1.82) is 0 Å². The fourth-order valence-electron chi connectivity index (χ4n) is 2.72. The molecule has 22 heavy (non-hydrogen) atoms. The van der Waals surface area contributed by atoms with Crippen LogP contribution in [-0.2, 0) is 6.42 Å². The summed E-state index contributed by atoms with van der Waals surface area (Å²) >= 11 is 0. The maximum absolute atomic E-state index is 13.7. The van der Waals surface area contributed by atoms with E-state index in [0.717, 1.165) is 11.0 Å². The van der Waals surface area contributed by atoms with Crippen molar-refractivity contribution in [3.63, 3.8) is 0 Å². The molecule has 0 spiro atoms. The Balaban J connectivity index is 1.88. The van der Waals surface area contributed by atoms with Gasteiger partial charge in [-0.05, 0) is 37.1 Å². The SMILES string of the molecule is CC(Cc1cccc(F)c1F)N1C(=O)c2ccccc2C1=O. The highest BCUT2D eigenvalue weighted by Crippen LogP contribution is 2.26. The molecular formula is C17H13F2NO2. The number of hydrogen-bond acceptors (Lipinski definition) is 2. The third-order valence-electron chi connectivity index (χ3n) is 3.81. The monoisotopic (exact) mass is 301 g/mol. The molecule has 3 nitrogen and oxygen atoms in total. The molecule has 3 rings (SSSR count). The number of rotatable bonds is 3. The largest absolute Gasteiger partial charge is 0.271 e. The lowest BCUT2D eigenvalue weighted by molar-refractivity contribution is 0.0596. The molecule has 1 unspecified atom stereocenters. The van der Waals surface area contributed by atoms with Crippen molar-refractivity contribution >= 4 is 11.8 Å². The lowest BCUT2D eigenvalue weighted by Crippen LogP contribution is -2.39. The average molecular weight is 301 g/mol. The van der Waals surface area contributed by atoms with Gasteiger partial charge in [0.25, 0.3) is 11.8 Å². The van der Waals surface area contributed by atoms with Crippen molar-refractivity contribution in [1.82, 2.24) is 4.90 Å². The minimum absolute atomic E-state index is 0.0645. The van der Waals surface area contributed by atoms with E-state index in [-0.39, 0.29) is 12.0 Å². The van der Waals surface area contributed by atoms with Crippen LogP contribution < -0.4 is 0 Å². The zero-order chi connectivity index (χ0) is 15.9. The van der Waals surface area contributed by atoms with Gasteiger partial charge in [0.2, 0.25) is 0 Å². The van der Waals surface area contributed by atoms with Gasteiger partial charge in [0.05, 0.1) is 11.1 Å². The van der Waals surface area contributed by atoms with Crippen LogP contribution in [0.15, 0.2) is 42.5 Å². The summed E-state index contributed by atoms with van der Waals surface area (Å²) in [6.45, 7) is 1.64. The first kappa shape index (κ1) is 14.4. The topological polar surface area (TPSA) is 37.4 Å². The molecule has 0 aliphatic carbocycles. The van der Waals surface area contributed by atoms with E-state index in [4.69, 9.17) is 0 Å². The number of carbonyl (C=O) groups excluding carboxylic acids is 2. The van der Waals surface area contributed by atoms with Gasteiger partial charge in [0.15, 0.2) is 11.6 Å². The summed E-state index contributed by atoms with van der Waals surface area (Å²) in [5.41, 5.74) is 0.835. The number of imide groups is 1. The van der Waals surface area contributed by atoms with E-state index >= 15 is 0 Å². The predicted molar refractivity (Wildman–Crippen MR) is 76.5 cm³/mol. The fraction of sp³-hybridized carbons (Fsp3) is 0.176. The van der Waals surface area contributed by atoms with Crippen molar-refractivity contribution in [2.75, 3.05) is 0 Å². The molecule has 2 aromatic rings. The standard InChI is InChI=1S/C17H13F2NO2/c1-10(9-11-5-4-8-14(18)15(11)19)20-16(21)12-6-2-3-7-13(12)17(20)22/h2-8,10H,9H2,1H3. The summed E-state index contributed by atoms with van der Waals surface area (Å²) in [4.78, 5) is 25.8. The van der Waals surface area contributed by atoms with E-state index in [2.05, 4.69) is 0 Å². The van der Waals surface area contributed by atoms with Crippen LogP contribution in [0.4, 0.5) is 8.78 Å². The molecule has 1 atom stereocenters. The second-order valence-corrected chi connectivity index (χ2v) is 5.29. The molecule has 0 N–H and O–H groups in total. The molecule has 112 valence electrons. The Hall–Kier alpha value is -2.56. The molecule has 0 saturated carbocycles. The highest BCUT2D eigenvalue weighted by Gasteiger charge is 2.38. The summed E-state index contributed by atoms with van der Waals surface area (Å²) < 4.78 is 27.0. The second-order valence-electron chi connectivity index (χ2n) is 5.29. The molecule has 1 aliphatic heterocycles. The number of carbonyl (C=O) groups is 2. The van der Waals surface area contributed by atoms with Gasteiger partial charge in [-0.1, -0.05) is 24.3 Å². The van der Waals surface area contributed by atoms with E-state index in [0.29, 0.717) is 11.1 Å². The molecule has 0 fully saturated rings. The number of hydrogen-bond donors (Lipinski definition) is 0. The Morgan fingerprint density at radius 3 is 2.14 bits per heavy atom. The molecule has 0 bridgehead atoms. The number of benzene rings is 2. The van der Waals surface area contributed by atoms with Crippen LogP contribution in [-0.4, -0.2) is 22.8 Å². The third kappa shape index (κ3) is 2.19. The van der Waals surface area contributed by atoms with Crippen LogP contribution in [0.2, 0.25) is 0 Å². The zero-order valence-corrected chi connectivity index (χ0v) is 11.8. The van der Waals surface area contributed by atoms with E-state index in [1.165, 1.54) is 12.1 Å². The summed E-state index contributed by atoms with van der Waals surface area (Å²) in [5.74, 6) is -2.67. The van der Waals surface area contributed by atoms with Gasteiger partial charge in [-0.3, -0.25) is 14.5 Å². The molecule has 0 radical (unpaired) electrons. The quantitative estimate of drug-likeness (QED) is 0.817. The summed E-state index contributed by atoms with van der Waals surface area (Å²) in [6, 6.07) is 9.87. The van der Waals surface area contributed by atoms with Gasteiger partial charge in [-0.25, -0.2) is 8.78 Å².